The van der Waals surface area contributed by atoms with Crippen molar-refractivity contribution in [3.8, 4) is 5.82 Å². The van der Waals surface area contributed by atoms with E-state index in [-0.39, 0.29) is 16.4 Å². The number of nitrogens with one attached hydrogen (secondary N) is 2. The number of hydrogen-bond acceptors (Lipinski definition) is 5. The lowest BCUT2D eigenvalue weighted by Crippen LogP contribution is -2.29. The number of benzene rings is 2. The SMILES string of the molecule is C[C@H](NC(=O)c1cc(Cl)cc(C(F)(F)F)c1)c1ncnn1-c1ccc(NC(=O)c2ccccc2Cl)cn1. The molecule has 2 aromatic carbocycles. The third kappa shape index (κ3) is 6.07. The fraction of sp³-hybridized carbons (Fsp3) is 0.125. The van der Waals surface area contributed by atoms with Crippen LogP contribution < -0.4 is 10.6 Å². The number of nitrogens with zero attached hydrogens (tertiary/aromatic N) is 4. The highest BCUT2D eigenvalue weighted by atomic mass is 35.5. The molecule has 37 heavy (non-hydrogen) atoms. The van der Waals surface area contributed by atoms with E-state index >= 15 is 0 Å². The number of carbonyl (C=O) groups is 2. The molecule has 0 aliphatic heterocycles. The summed E-state index contributed by atoms with van der Waals surface area (Å²) in [6.45, 7) is 1.59. The molecule has 0 radical (unpaired) electrons. The van der Waals surface area contributed by atoms with E-state index in [4.69, 9.17) is 23.2 Å². The molecule has 4 aromatic rings. The van der Waals surface area contributed by atoms with Gasteiger partial charge in [-0.25, -0.2) is 9.97 Å². The third-order valence-corrected chi connectivity index (χ3v) is 5.69. The first kappa shape index (κ1) is 26.1. The van der Waals surface area contributed by atoms with Crippen LogP contribution in [0.4, 0.5) is 18.9 Å². The number of alkyl halides is 3. The van der Waals surface area contributed by atoms with Crippen molar-refractivity contribution in [2.75, 3.05) is 5.32 Å². The van der Waals surface area contributed by atoms with Crippen LogP contribution in [0, 0.1) is 0 Å². The van der Waals surface area contributed by atoms with E-state index in [2.05, 4.69) is 25.7 Å². The maximum absolute atomic E-state index is 13.1. The molecule has 2 aromatic heterocycles. The Morgan fingerprint density at radius 1 is 1.00 bits per heavy atom. The molecule has 0 fully saturated rings. The summed E-state index contributed by atoms with van der Waals surface area (Å²) >= 11 is 11.8. The molecule has 0 saturated carbocycles. The van der Waals surface area contributed by atoms with Gasteiger partial charge in [-0.3, -0.25) is 9.59 Å². The second-order valence-electron chi connectivity index (χ2n) is 7.79. The molecule has 190 valence electrons. The smallest absolute Gasteiger partial charge is 0.342 e. The standard InChI is InChI=1S/C24H17Cl2F3N6O2/c1-13(33-22(36)14-8-15(24(27,28)29)10-16(25)9-14)21-31-12-32-35(21)20-7-6-17(11-30-20)34-23(37)18-4-2-3-5-19(18)26/h2-13H,1H3,(H,33,36)(H,34,37)/t13-/m0/s1. The summed E-state index contributed by atoms with van der Waals surface area (Å²) in [5, 5.41) is 9.48. The summed E-state index contributed by atoms with van der Waals surface area (Å²) in [6, 6.07) is 11.6. The maximum Gasteiger partial charge on any atom is 0.416 e. The number of rotatable bonds is 6. The van der Waals surface area contributed by atoms with Crippen LogP contribution in [0.2, 0.25) is 10.0 Å². The van der Waals surface area contributed by atoms with Gasteiger partial charge < -0.3 is 10.6 Å². The summed E-state index contributed by atoms with van der Waals surface area (Å²) < 4.78 is 40.6. The second-order valence-corrected chi connectivity index (χ2v) is 8.63. The fourth-order valence-corrected chi connectivity index (χ4v) is 3.84. The fourth-order valence-electron chi connectivity index (χ4n) is 3.38. The number of hydrogen-bond donors (Lipinski definition) is 2. The van der Waals surface area contributed by atoms with Crippen LogP contribution in [-0.4, -0.2) is 31.6 Å². The van der Waals surface area contributed by atoms with Gasteiger partial charge in [-0.15, -0.1) is 0 Å². The molecular weight excluding hydrogens is 532 g/mol. The number of halogens is 5. The van der Waals surface area contributed by atoms with Crippen molar-refractivity contribution >= 4 is 40.7 Å². The van der Waals surface area contributed by atoms with Crippen molar-refractivity contribution in [3.05, 3.63) is 99.7 Å². The first-order valence-electron chi connectivity index (χ1n) is 10.6. The van der Waals surface area contributed by atoms with Gasteiger partial charge in [0.05, 0.1) is 34.1 Å². The highest BCUT2D eigenvalue weighted by molar-refractivity contribution is 6.34. The average molecular weight is 549 g/mol. The Hall–Kier alpha value is -3.96. The normalized spacial score (nSPS) is 12.2. The Kier molecular flexibility index (Phi) is 7.46. The van der Waals surface area contributed by atoms with Crippen molar-refractivity contribution < 1.29 is 22.8 Å². The zero-order valence-electron chi connectivity index (χ0n) is 18.9. The van der Waals surface area contributed by atoms with Crippen LogP contribution in [0.15, 0.2) is 67.1 Å². The number of amides is 2. The van der Waals surface area contributed by atoms with E-state index in [9.17, 15) is 22.8 Å². The Labute approximate surface area is 218 Å². The van der Waals surface area contributed by atoms with Crippen LogP contribution in [0.3, 0.4) is 0 Å². The summed E-state index contributed by atoms with van der Waals surface area (Å²) in [4.78, 5) is 33.5. The van der Waals surface area contributed by atoms with Crippen LogP contribution >= 0.6 is 23.2 Å². The lowest BCUT2D eigenvalue weighted by atomic mass is 10.1. The van der Waals surface area contributed by atoms with E-state index < -0.39 is 29.6 Å². The van der Waals surface area contributed by atoms with Gasteiger partial charge in [0.25, 0.3) is 11.8 Å². The Morgan fingerprint density at radius 2 is 1.76 bits per heavy atom. The Balaban J connectivity index is 1.49. The molecule has 0 unspecified atom stereocenters. The predicted octanol–water partition coefficient (Wildman–Crippen LogP) is 5.73. The van der Waals surface area contributed by atoms with Crippen molar-refractivity contribution in [2.45, 2.75) is 19.1 Å². The minimum atomic E-state index is -4.66. The van der Waals surface area contributed by atoms with Crippen molar-refractivity contribution in [2.24, 2.45) is 0 Å². The first-order chi connectivity index (χ1) is 17.5. The van der Waals surface area contributed by atoms with Gasteiger partial charge in [-0.1, -0.05) is 35.3 Å². The van der Waals surface area contributed by atoms with Crippen LogP contribution in [0.1, 0.15) is 45.1 Å². The van der Waals surface area contributed by atoms with Gasteiger partial charge in [-0.05, 0) is 49.4 Å². The lowest BCUT2D eigenvalue weighted by molar-refractivity contribution is -0.137. The molecule has 1 atom stereocenters. The molecule has 4 rings (SSSR count). The molecule has 0 bridgehead atoms. The van der Waals surface area contributed by atoms with Crippen LogP contribution in [-0.2, 0) is 6.18 Å². The number of aromatic nitrogens is 4. The highest BCUT2D eigenvalue weighted by Gasteiger charge is 2.32. The van der Waals surface area contributed by atoms with Crippen molar-refractivity contribution in [3.63, 3.8) is 0 Å². The Bertz CT molecular complexity index is 1460. The molecule has 0 aliphatic rings. The summed E-state index contributed by atoms with van der Waals surface area (Å²) in [5.41, 5.74) is -0.585. The topological polar surface area (TPSA) is 102 Å². The van der Waals surface area contributed by atoms with Crippen molar-refractivity contribution in [1.82, 2.24) is 25.1 Å². The summed E-state index contributed by atoms with van der Waals surface area (Å²) in [5.74, 6) is -0.591. The highest BCUT2D eigenvalue weighted by Crippen LogP contribution is 2.32. The van der Waals surface area contributed by atoms with E-state index in [0.29, 0.717) is 22.1 Å². The predicted molar refractivity (Wildman–Crippen MR) is 131 cm³/mol. The molecule has 0 spiro atoms. The minimum absolute atomic E-state index is 0.221. The molecule has 2 heterocycles. The van der Waals surface area contributed by atoms with E-state index in [0.717, 1.165) is 18.2 Å². The van der Waals surface area contributed by atoms with Crippen molar-refractivity contribution in [1.29, 1.82) is 0 Å². The van der Waals surface area contributed by atoms with Gasteiger partial charge in [0.1, 0.15) is 6.33 Å². The summed E-state index contributed by atoms with van der Waals surface area (Å²) in [6.07, 6.45) is -2.01. The molecule has 13 heteroatoms. The molecular formula is C24H17Cl2F3N6O2. The number of anilines is 1. The third-order valence-electron chi connectivity index (χ3n) is 5.14. The van der Waals surface area contributed by atoms with Gasteiger partial charge >= 0.3 is 6.18 Å². The Morgan fingerprint density at radius 3 is 2.43 bits per heavy atom. The first-order valence-corrected chi connectivity index (χ1v) is 11.4. The molecule has 0 saturated heterocycles. The van der Waals surface area contributed by atoms with E-state index in [1.165, 1.54) is 17.2 Å². The summed E-state index contributed by atoms with van der Waals surface area (Å²) in [7, 11) is 0. The van der Waals surface area contributed by atoms with E-state index in [1.54, 1.807) is 43.3 Å². The average Bonchev–Trinajstić information content (AvgIpc) is 3.34. The zero-order valence-corrected chi connectivity index (χ0v) is 20.4. The van der Waals surface area contributed by atoms with Gasteiger partial charge in [0, 0.05) is 10.6 Å². The van der Waals surface area contributed by atoms with Crippen LogP contribution in [0.25, 0.3) is 5.82 Å². The van der Waals surface area contributed by atoms with Gasteiger partial charge in [0.15, 0.2) is 11.6 Å². The lowest BCUT2D eigenvalue weighted by Gasteiger charge is -2.15. The molecule has 0 aliphatic carbocycles. The number of pyridine rings is 1. The maximum atomic E-state index is 13.1. The van der Waals surface area contributed by atoms with Crippen LogP contribution in [0.5, 0.6) is 0 Å². The monoisotopic (exact) mass is 548 g/mol. The van der Waals surface area contributed by atoms with Gasteiger partial charge in [0.2, 0.25) is 0 Å². The second kappa shape index (κ2) is 10.6. The molecule has 8 nitrogen and oxygen atoms in total. The number of carbonyl (C=O) groups excluding carboxylic acids is 2. The minimum Gasteiger partial charge on any atom is -0.342 e. The van der Waals surface area contributed by atoms with Gasteiger partial charge in [-0.2, -0.15) is 23.0 Å². The van der Waals surface area contributed by atoms with E-state index in [1.807, 2.05) is 0 Å². The largest absolute Gasteiger partial charge is 0.416 e. The quantitative estimate of drug-likeness (QED) is 0.320. The molecule has 2 N–H and O–H groups in total. The zero-order chi connectivity index (χ0) is 26.7. The molecule has 2 amide bonds.